The fourth-order valence-corrected chi connectivity index (χ4v) is 3.57. The molecule has 8 nitrogen and oxygen atoms in total. The minimum atomic E-state index is -3.26. The third-order valence-electron chi connectivity index (χ3n) is 4.93. The molecule has 0 radical (unpaired) electrons. The zero-order valence-electron chi connectivity index (χ0n) is 16.8. The summed E-state index contributed by atoms with van der Waals surface area (Å²) in [4.78, 5) is 23.2. The molecule has 11 heteroatoms. The van der Waals surface area contributed by atoms with Gasteiger partial charge in [0, 0.05) is 5.56 Å². The number of carboxylic acid groups (broad SMARTS) is 1. The second kappa shape index (κ2) is 8.88. The van der Waals surface area contributed by atoms with E-state index in [4.69, 9.17) is 9.84 Å². The number of amides is 2. The van der Waals surface area contributed by atoms with Gasteiger partial charge in [-0.2, -0.15) is 19.0 Å². The van der Waals surface area contributed by atoms with Gasteiger partial charge in [0.05, 0.1) is 24.0 Å². The predicted octanol–water partition coefficient (Wildman–Crippen LogP) is 3.15. The van der Waals surface area contributed by atoms with Gasteiger partial charge >= 0.3 is 12.5 Å². The first kappa shape index (κ1) is 22.5. The van der Waals surface area contributed by atoms with Crippen LogP contribution in [0.25, 0.3) is 11.3 Å². The molecular weight excluding hydrogens is 417 g/mol. The number of nitrogens with zero attached hydrogens (tertiary/aromatic N) is 3. The minimum absolute atomic E-state index is 0.0226. The van der Waals surface area contributed by atoms with Crippen molar-refractivity contribution in [3.05, 3.63) is 47.7 Å². The maximum absolute atomic E-state index is 13.8. The topological polar surface area (TPSA) is 105 Å². The Morgan fingerprint density at radius 2 is 1.87 bits per heavy atom. The van der Waals surface area contributed by atoms with Crippen molar-refractivity contribution in [2.24, 2.45) is 0 Å². The average Bonchev–Trinajstić information content (AvgIpc) is 3.02. The maximum atomic E-state index is 13.8. The third kappa shape index (κ3) is 4.76. The lowest BCUT2D eigenvalue weighted by Crippen LogP contribution is -2.51. The number of hydrogen-bond acceptors (Lipinski definition) is 5. The van der Waals surface area contributed by atoms with Crippen molar-refractivity contribution in [3.8, 4) is 11.3 Å². The molecule has 2 atom stereocenters. The molecule has 2 amide bonds. The van der Waals surface area contributed by atoms with E-state index < -0.39 is 43.0 Å². The molecule has 2 aromatic rings. The van der Waals surface area contributed by atoms with Crippen LogP contribution in [0.15, 0.2) is 36.4 Å². The van der Waals surface area contributed by atoms with Crippen LogP contribution < -0.4 is 5.32 Å². The number of carbonyl (C=O) groups is 2. The van der Waals surface area contributed by atoms with Crippen LogP contribution in [-0.2, 0) is 16.1 Å². The number of hydrogen-bond donors (Lipinski definition) is 2. The van der Waals surface area contributed by atoms with Crippen LogP contribution in [0.4, 0.5) is 18.0 Å². The van der Waals surface area contributed by atoms with Crippen molar-refractivity contribution >= 4 is 12.0 Å². The lowest BCUT2D eigenvalue weighted by Gasteiger charge is -2.32. The van der Waals surface area contributed by atoms with Crippen molar-refractivity contribution in [3.63, 3.8) is 0 Å². The van der Waals surface area contributed by atoms with Crippen LogP contribution in [0.1, 0.15) is 31.2 Å². The van der Waals surface area contributed by atoms with Gasteiger partial charge < -0.3 is 20.1 Å². The predicted molar refractivity (Wildman–Crippen MR) is 103 cm³/mol. The monoisotopic (exact) mass is 438 g/mol. The third-order valence-corrected chi connectivity index (χ3v) is 4.93. The Hall–Kier alpha value is -3.21. The van der Waals surface area contributed by atoms with Crippen molar-refractivity contribution in [1.29, 1.82) is 0 Å². The summed E-state index contributed by atoms with van der Waals surface area (Å²) in [5.41, 5.74) is 0.787. The van der Waals surface area contributed by atoms with Crippen molar-refractivity contribution < 1.29 is 32.6 Å². The molecular formula is C20H21F3N4O4. The first-order chi connectivity index (χ1) is 14.6. The highest BCUT2D eigenvalue weighted by Gasteiger charge is 2.52. The minimum Gasteiger partial charge on any atom is -0.465 e. The number of halogens is 3. The van der Waals surface area contributed by atoms with Crippen LogP contribution >= 0.6 is 0 Å². The molecule has 0 saturated carbocycles. The van der Waals surface area contributed by atoms with Crippen LogP contribution in [0, 0.1) is 0 Å². The lowest BCUT2D eigenvalue weighted by atomic mass is 10.00. The highest BCUT2D eigenvalue weighted by molar-refractivity contribution is 5.80. The maximum Gasteiger partial charge on any atom is 0.404 e. The van der Waals surface area contributed by atoms with Crippen molar-refractivity contribution in [1.82, 2.24) is 20.4 Å². The Bertz CT molecular complexity index is 938. The average molecular weight is 438 g/mol. The van der Waals surface area contributed by atoms with E-state index in [0.29, 0.717) is 22.5 Å². The molecule has 0 bridgehead atoms. The Labute approximate surface area is 176 Å². The Balaban J connectivity index is 1.79. The van der Waals surface area contributed by atoms with Gasteiger partial charge in [0.1, 0.15) is 18.5 Å². The van der Waals surface area contributed by atoms with Gasteiger partial charge in [0.2, 0.25) is 0 Å². The number of benzene rings is 1. The molecule has 1 aromatic heterocycles. The Morgan fingerprint density at radius 1 is 1.19 bits per heavy atom. The number of alkyl halides is 3. The van der Waals surface area contributed by atoms with Crippen molar-refractivity contribution in [2.45, 2.75) is 44.7 Å². The fourth-order valence-electron chi connectivity index (χ4n) is 3.57. The van der Waals surface area contributed by atoms with Gasteiger partial charge in [0.25, 0.3) is 5.91 Å². The molecule has 31 heavy (non-hydrogen) atoms. The number of ether oxygens (including phenoxy) is 1. The summed E-state index contributed by atoms with van der Waals surface area (Å²) in [5.74, 6) is -1.47. The first-order valence-electron chi connectivity index (χ1n) is 9.39. The van der Waals surface area contributed by atoms with Crippen LogP contribution in [0.5, 0.6) is 0 Å². The number of nitrogens with one attached hydrogen (secondary N) is 1. The summed E-state index contributed by atoms with van der Waals surface area (Å²) in [5, 5.41) is 18.8. The van der Waals surface area contributed by atoms with Crippen LogP contribution in [0.3, 0.4) is 0 Å². The Morgan fingerprint density at radius 3 is 2.39 bits per heavy atom. The molecule has 1 aliphatic heterocycles. The summed E-state index contributed by atoms with van der Waals surface area (Å²) < 4.78 is 45.6. The molecule has 0 spiro atoms. The van der Waals surface area contributed by atoms with E-state index in [1.54, 1.807) is 36.4 Å². The molecule has 1 aromatic carbocycles. The largest absolute Gasteiger partial charge is 0.465 e. The van der Waals surface area contributed by atoms with Gasteiger partial charge in [-0.15, -0.1) is 0 Å². The molecule has 0 aliphatic carbocycles. The van der Waals surface area contributed by atoms with Gasteiger partial charge in [-0.25, -0.2) is 9.18 Å². The summed E-state index contributed by atoms with van der Waals surface area (Å²) in [6.07, 6.45) is -5.34. The van der Waals surface area contributed by atoms with Gasteiger partial charge in [0.15, 0.2) is 0 Å². The van der Waals surface area contributed by atoms with Crippen LogP contribution in [-0.4, -0.2) is 57.1 Å². The molecule has 166 valence electrons. The highest BCUT2D eigenvalue weighted by atomic mass is 19.3. The zero-order chi connectivity index (χ0) is 22.8. The smallest absolute Gasteiger partial charge is 0.404 e. The van der Waals surface area contributed by atoms with E-state index in [1.807, 2.05) is 0 Å². The summed E-state index contributed by atoms with van der Waals surface area (Å²) in [7, 11) is 0. The summed E-state index contributed by atoms with van der Waals surface area (Å²) >= 11 is 0. The second-order valence-electron chi connectivity index (χ2n) is 7.41. The van der Waals surface area contributed by atoms with Crippen molar-refractivity contribution in [2.75, 3.05) is 6.67 Å². The lowest BCUT2D eigenvalue weighted by molar-refractivity contribution is -0.159. The van der Waals surface area contributed by atoms with E-state index in [9.17, 15) is 22.8 Å². The summed E-state index contributed by atoms with van der Waals surface area (Å²) in [6, 6.07) is 8.80. The van der Waals surface area contributed by atoms with E-state index >= 15 is 0 Å². The second-order valence-corrected chi connectivity index (χ2v) is 7.41. The van der Waals surface area contributed by atoms with E-state index in [0.717, 1.165) is 4.90 Å². The van der Waals surface area contributed by atoms with Crippen LogP contribution in [0.2, 0.25) is 0 Å². The first-order valence-corrected chi connectivity index (χ1v) is 9.39. The summed E-state index contributed by atoms with van der Waals surface area (Å²) in [6.45, 7) is 1.88. The number of carbonyl (C=O) groups excluding carboxylic acids is 1. The van der Waals surface area contributed by atoms with Gasteiger partial charge in [-0.3, -0.25) is 4.79 Å². The highest BCUT2D eigenvalue weighted by Crippen LogP contribution is 2.42. The number of rotatable bonds is 6. The molecule has 0 unspecified atom stereocenters. The molecule has 1 fully saturated rings. The molecule has 2 heterocycles. The molecule has 1 saturated heterocycles. The number of aromatic nitrogens is 2. The SMILES string of the molecule is CC1(C)O[C@H](c2ccc(-c3ccc(CNC(=O)O)nn3)cc2)[C@@H](CF)N1C(=O)C(F)F. The van der Waals surface area contributed by atoms with E-state index in [-0.39, 0.29) is 6.54 Å². The quantitative estimate of drug-likeness (QED) is 0.718. The fraction of sp³-hybridized carbons (Fsp3) is 0.400. The normalized spacial score (nSPS) is 20.1. The van der Waals surface area contributed by atoms with E-state index in [1.165, 1.54) is 13.8 Å². The Kier molecular flexibility index (Phi) is 6.44. The van der Waals surface area contributed by atoms with Gasteiger partial charge in [-0.05, 0) is 31.5 Å². The zero-order valence-corrected chi connectivity index (χ0v) is 16.8. The standard InChI is InChI=1S/C20H21F3N4O4/c1-20(2)27(18(28)17(22)23)15(9-21)16(31-20)12-5-3-11(4-6-12)14-8-7-13(25-26-14)10-24-19(29)30/h3-8,15-17,24H,9-10H2,1-2H3,(H,29,30)/t15-,16-/m1/s1. The van der Waals surface area contributed by atoms with Gasteiger partial charge in [-0.1, -0.05) is 24.3 Å². The van der Waals surface area contributed by atoms with E-state index in [2.05, 4.69) is 15.5 Å². The molecule has 3 rings (SSSR count). The molecule has 1 aliphatic rings. The molecule has 2 N–H and O–H groups in total.